The van der Waals surface area contributed by atoms with Crippen molar-refractivity contribution < 1.29 is 74.3 Å². The van der Waals surface area contributed by atoms with Crippen LogP contribution in [-0.4, -0.2) is 204 Å². The van der Waals surface area contributed by atoms with Crippen LogP contribution >= 0.6 is 22.7 Å². The molecule has 5 heterocycles. The molecule has 34 nitrogen and oxygen atoms in total. The Kier molecular flexibility index (Phi) is 26.4. The van der Waals surface area contributed by atoms with E-state index in [0.717, 1.165) is 34.8 Å². The highest BCUT2D eigenvalue weighted by molar-refractivity contribution is 7.86. The van der Waals surface area contributed by atoms with E-state index in [1.807, 2.05) is 47.3 Å². The number of hydrogen-bond donors (Lipinski definition) is 8. The number of Topliss-reactive ketones (excluding diaryl/α,β-unsaturated/α-hetero) is 2. The second-order valence-corrected chi connectivity index (χ2v) is 27.2. The number of carbonyl (C=O) groups is 4. The number of hydrogen-bond acceptors (Lipinski definition) is 32. The molecule has 103 heavy (non-hydrogen) atoms. The maximum absolute atomic E-state index is 13.9. The minimum atomic E-state index is -4.78. The fourth-order valence-corrected chi connectivity index (χ4v) is 13.8. The van der Waals surface area contributed by atoms with Crippen molar-refractivity contribution in [1.82, 2.24) is 24.9 Å². The zero-order chi connectivity index (χ0) is 74.1. The highest BCUT2D eigenvalue weighted by atomic mass is 32.2. The number of nitrogens with zero attached hydrogens (tertiary/aromatic N) is 14. The molecule has 0 atom stereocenters. The van der Waals surface area contributed by atoms with E-state index < -0.39 is 53.4 Å². The van der Waals surface area contributed by atoms with Crippen molar-refractivity contribution in [3.8, 4) is 11.5 Å². The van der Waals surface area contributed by atoms with E-state index >= 15 is 0 Å². The van der Waals surface area contributed by atoms with Crippen LogP contribution in [0.4, 0.5) is 85.2 Å². The van der Waals surface area contributed by atoms with E-state index in [0.29, 0.717) is 123 Å². The molecule has 2 aliphatic rings. The average Bonchev–Trinajstić information content (AvgIpc) is 1.58. The zero-order valence-electron chi connectivity index (χ0n) is 57.5. The lowest BCUT2D eigenvalue weighted by Crippen LogP contribution is -2.36. The Hall–Kier alpha value is -10.0. The van der Waals surface area contributed by atoms with Gasteiger partial charge < -0.3 is 74.9 Å². The molecule has 2 saturated heterocycles. The number of rotatable bonds is 33. The standard InChI is InChI=1S/C65H78N18O16S4/c1-9-79(10-2)49-35-45(47(37-51(49)96-7)75-77-64-70-57(81-23-29-98-30-24-81)53(100-64)33-41(39(5)86)59(88)66-43-17-13-15-19-55(43)102(90,91)92)68-61-72-62(74-63(73-61)83(21-27-84)22-28-85)69-46-36-50(80(11-3)12-4)52(97-8)38-48(46)76-78-65-71-58(82-25-31-99-32-26-82)54(101-65)34-42(40(6)87)60(89)67-44-18-14-16-20-56(44)103(93,94)95/h13-20,33-38,84-85H,9-12,21-32H2,1-8H3,(H,66,88)(H,67,89)(H,90,91,92)(H,93,94,95)(H2,68,69,72,73,74)/b41-33-,42-34+,77-75?,78-76?. The number of aliphatic hydroxyl groups is 2. The van der Waals surface area contributed by atoms with E-state index in [9.17, 15) is 55.3 Å². The molecular formula is C65H78N18O16S4. The molecule has 0 saturated carbocycles. The number of morpholine rings is 2. The molecular weight excluding hydrogens is 1420 g/mol. The number of benzene rings is 4. The largest absolute Gasteiger partial charge is 0.494 e. The zero-order valence-corrected chi connectivity index (χ0v) is 60.7. The molecule has 4 aromatic carbocycles. The van der Waals surface area contributed by atoms with Crippen LogP contribution in [0, 0.1) is 0 Å². The summed E-state index contributed by atoms with van der Waals surface area (Å²) in [4.78, 5) is 87.5. The molecule has 0 aliphatic carbocycles. The van der Waals surface area contributed by atoms with Gasteiger partial charge in [0.1, 0.15) is 44.3 Å². The van der Waals surface area contributed by atoms with Crippen molar-refractivity contribution in [3.63, 3.8) is 0 Å². The molecule has 8 N–H and O–H groups in total. The van der Waals surface area contributed by atoms with Crippen molar-refractivity contribution in [2.45, 2.75) is 51.3 Å². The third-order valence-electron chi connectivity index (χ3n) is 15.9. The summed E-state index contributed by atoms with van der Waals surface area (Å²) in [6.45, 7) is 14.5. The fourth-order valence-electron chi connectivity index (χ4n) is 10.8. The Labute approximate surface area is 601 Å². The number of thiazole rings is 2. The molecule has 0 unspecified atom stereocenters. The van der Waals surface area contributed by atoms with Crippen LogP contribution in [0.3, 0.4) is 0 Å². The molecule has 3 aromatic heterocycles. The van der Waals surface area contributed by atoms with Crippen LogP contribution in [0.15, 0.2) is 114 Å². The van der Waals surface area contributed by atoms with Gasteiger partial charge in [0.25, 0.3) is 32.1 Å². The van der Waals surface area contributed by atoms with Gasteiger partial charge in [0, 0.05) is 77.6 Å². The molecule has 548 valence electrons. The van der Waals surface area contributed by atoms with Crippen molar-refractivity contribution in [2.24, 2.45) is 20.5 Å². The molecule has 2 aliphatic heterocycles. The maximum atomic E-state index is 13.9. The van der Waals surface area contributed by atoms with Crippen LogP contribution < -0.4 is 55.2 Å². The number of ketones is 2. The number of para-hydroxylation sites is 2. The van der Waals surface area contributed by atoms with E-state index in [1.165, 1.54) is 76.6 Å². The van der Waals surface area contributed by atoms with Crippen LogP contribution in [-0.2, 0) is 48.9 Å². The maximum Gasteiger partial charge on any atom is 0.296 e. The molecule has 0 bridgehead atoms. The summed E-state index contributed by atoms with van der Waals surface area (Å²) in [6, 6.07) is 17.2. The molecule has 9 rings (SSSR count). The summed E-state index contributed by atoms with van der Waals surface area (Å²) in [5.74, 6) is -1.91. The third kappa shape index (κ3) is 19.4. The minimum Gasteiger partial charge on any atom is -0.494 e. The fraction of sp³-hybridized carbons (Fsp3) is 0.369. The number of anilines is 11. The quantitative estimate of drug-likeness (QED) is 0.00625. The molecule has 2 amide bonds. The second-order valence-electron chi connectivity index (χ2n) is 22.4. The van der Waals surface area contributed by atoms with E-state index in [1.54, 1.807) is 29.2 Å². The first-order chi connectivity index (χ1) is 49.4. The van der Waals surface area contributed by atoms with Crippen LogP contribution in [0.1, 0.15) is 51.3 Å². The van der Waals surface area contributed by atoms with Gasteiger partial charge in [-0.05, 0) is 90.1 Å². The summed E-state index contributed by atoms with van der Waals surface area (Å²) in [5.41, 5.74) is 0.940. The summed E-state index contributed by atoms with van der Waals surface area (Å²) >= 11 is 1.99. The predicted molar refractivity (Wildman–Crippen MR) is 392 cm³/mol. The van der Waals surface area contributed by atoms with E-state index in [4.69, 9.17) is 54.1 Å². The van der Waals surface area contributed by atoms with Gasteiger partial charge in [0.15, 0.2) is 11.6 Å². The SMILES string of the molecule is CCN(CC)c1cc(Nc2nc(Nc3cc(N(CC)CC)c(OC)cc3N=Nc3nc(N4CCOCC4)c(/C=C(\C(C)=O)C(=O)Nc4ccccc4S(=O)(=O)O)s3)nc(N(CCO)CCO)n2)c(N=Nc2nc(N3CCOCC3)c(/C=C(/C(C)=O)C(=O)Nc3ccccc3S(=O)(=O)O)s2)cc1OC. The lowest BCUT2D eigenvalue weighted by atomic mass is 10.1. The Bertz CT molecular complexity index is 4330. The summed E-state index contributed by atoms with van der Waals surface area (Å²) in [5, 5.41) is 51.1. The summed E-state index contributed by atoms with van der Waals surface area (Å²) < 4.78 is 92.0. The lowest BCUT2D eigenvalue weighted by Gasteiger charge is -2.27. The van der Waals surface area contributed by atoms with E-state index in [-0.39, 0.29) is 99.7 Å². The number of nitrogens with one attached hydrogen (secondary N) is 4. The van der Waals surface area contributed by atoms with Crippen LogP contribution in [0.25, 0.3) is 12.2 Å². The number of aromatic nitrogens is 5. The van der Waals surface area contributed by atoms with Gasteiger partial charge in [-0.2, -0.15) is 41.8 Å². The van der Waals surface area contributed by atoms with Gasteiger partial charge in [0.2, 0.25) is 28.1 Å². The van der Waals surface area contributed by atoms with Crippen molar-refractivity contribution in [2.75, 3.05) is 165 Å². The van der Waals surface area contributed by atoms with Gasteiger partial charge >= 0.3 is 0 Å². The molecule has 0 radical (unpaired) electrons. The summed E-state index contributed by atoms with van der Waals surface area (Å²) in [6.07, 6.45) is 2.65. The molecule has 2 fully saturated rings. The number of methoxy groups -OCH3 is 2. The van der Waals surface area contributed by atoms with E-state index in [2.05, 4.69) is 31.5 Å². The number of azo groups is 2. The van der Waals surface area contributed by atoms with Crippen molar-refractivity contribution in [1.29, 1.82) is 0 Å². The normalized spacial score (nSPS) is 13.9. The first-order valence-electron chi connectivity index (χ1n) is 32.3. The van der Waals surface area contributed by atoms with Gasteiger partial charge in [0.05, 0.1) is 109 Å². The van der Waals surface area contributed by atoms with Crippen molar-refractivity contribution >= 4 is 164 Å². The highest BCUT2D eigenvalue weighted by Gasteiger charge is 2.29. The Balaban J connectivity index is 1.14. The first-order valence-corrected chi connectivity index (χ1v) is 36.9. The molecule has 7 aromatic rings. The predicted octanol–water partition coefficient (Wildman–Crippen LogP) is 8.99. The number of carbonyl (C=O) groups excluding carboxylic acids is 4. The monoisotopic (exact) mass is 1490 g/mol. The second kappa shape index (κ2) is 35.2. The number of amides is 2. The minimum absolute atomic E-state index is 0.00457. The number of aliphatic hydroxyl groups excluding tert-OH is 2. The van der Waals surface area contributed by atoms with Gasteiger partial charge in [-0.1, -0.05) is 46.9 Å². The Morgan fingerprint density at radius 1 is 0.553 bits per heavy atom. The van der Waals surface area contributed by atoms with Crippen LogP contribution in [0.5, 0.6) is 11.5 Å². The topological polar surface area (TPSA) is 433 Å². The van der Waals surface area contributed by atoms with Gasteiger partial charge in [-0.3, -0.25) is 28.3 Å². The third-order valence-corrected chi connectivity index (χ3v) is 19.5. The first kappa shape index (κ1) is 77.1. The Morgan fingerprint density at radius 3 is 1.27 bits per heavy atom. The molecule has 38 heteroatoms. The lowest BCUT2D eigenvalue weighted by molar-refractivity contribution is -0.120. The Morgan fingerprint density at radius 2 is 0.932 bits per heavy atom. The number of ether oxygens (including phenoxy) is 4. The highest BCUT2D eigenvalue weighted by Crippen LogP contribution is 2.45. The molecule has 0 spiro atoms. The van der Waals surface area contributed by atoms with Gasteiger partial charge in [-0.25, -0.2) is 0 Å². The average molecular weight is 1500 g/mol. The van der Waals surface area contributed by atoms with Gasteiger partial charge in [-0.15, -0.1) is 20.5 Å². The smallest absolute Gasteiger partial charge is 0.296 e. The van der Waals surface area contributed by atoms with Crippen molar-refractivity contribution in [3.05, 3.63) is 93.7 Å². The summed E-state index contributed by atoms with van der Waals surface area (Å²) in [7, 11) is -6.55. The van der Waals surface area contributed by atoms with Crippen LogP contribution in [0.2, 0.25) is 0 Å².